The fraction of sp³-hybridized carbons (Fsp3) is 0.350. The molecule has 1 amide bonds. The Morgan fingerprint density at radius 2 is 1.83 bits per heavy atom. The van der Waals surface area contributed by atoms with Gasteiger partial charge < -0.3 is 14.8 Å². The summed E-state index contributed by atoms with van der Waals surface area (Å²) in [4.78, 5) is 12.7. The minimum atomic E-state index is -3.65. The number of aryl methyl sites for hydroxylation is 1. The maximum atomic E-state index is 12.9. The van der Waals surface area contributed by atoms with Crippen LogP contribution in [0, 0.1) is 6.92 Å². The Morgan fingerprint density at radius 3 is 2.48 bits per heavy atom. The predicted molar refractivity (Wildman–Crippen MR) is 111 cm³/mol. The highest BCUT2D eigenvalue weighted by Gasteiger charge is 2.27. The number of amides is 1. The number of sulfonamides is 1. The van der Waals surface area contributed by atoms with Crippen LogP contribution in [0.25, 0.3) is 0 Å². The minimum absolute atomic E-state index is 0.131. The summed E-state index contributed by atoms with van der Waals surface area (Å²) in [6, 6.07) is 11.4. The molecule has 1 atom stereocenters. The highest BCUT2D eigenvalue weighted by Crippen LogP contribution is 2.24. The van der Waals surface area contributed by atoms with Crippen molar-refractivity contribution in [3.63, 3.8) is 0 Å². The van der Waals surface area contributed by atoms with E-state index in [-0.39, 0.29) is 10.8 Å². The third-order valence-electron chi connectivity index (χ3n) is 4.57. The van der Waals surface area contributed by atoms with E-state index in [0.29, 0.717) is 42.8 Å². The normalized spacial score (nSPS) is 16.2. The van der Waals surface area contributed by atoms with Gasteiger partial charge in [0, 0.05) is 23.8 Å². The van der Waals surface area contributed by atoms with Gasteiger partial charge in [0.2, 0.25) is 10.0 Å². The summed E-state index contributed by atoms with van der Waals surface area (Å²) in [7, 11) is -3.65. The predicted octanol–water partition coefficient (Wildman–Crippen LogP) is 3.08. The monoisotopic (exact) mass is 438 g/mol. The number of morpholine rings is 1. The molecule has 1 saturated heterocycles. The number of hydrogen-bond acceptors (Lipinski definition) is 5. The molecule has 1 aliphatic rings. The zero-order valence-electron chi connectivity index (χ0n) is 16.2. The summed E-state index contributed by atoms with van der Waals surface area (Å²) in [5.74, 6) is 0.126. The van der Waals surface area contributed by atoms with Crippen LogP contribution in [0.2, 0.25) is 5.02 Å². The van der Waals surface area contributed by atoms with Gasteiger partial charge in [-0.2, -0.15) is 4.31 Å². The second kappa shape index (κ2) is 9.13. The summed E-state index contributed by atoms with van der Waals surface area (Å²) in [5.41, 5.74) is 1.17. The Labute approximate surface area is 175 Å². The average Bonchev–Trinajstić information content (AvgIpc) is 2.71. The number of nitrogens with zero attached hydrogens (tertiary/aromatic N) is 1. The number of benzene rings is 2. The number of carbonyl (C=O) groups excluding carboxylic acids is 1. The van der Waals surface area contributed by atoms with Crippen LogP contribution < -0.4 is 10.1 Å². The molecule has 0 spiro atoms. The summed E-state index contributed by atoms with van der Waals surface area (Å²) in [5, 5.41) is 3.33. The van der Waals surface area contributed by atoms with Crippen molar-refractivity contribution in [3.8, 4) is 5.75 Å². The lowest BCUT2D eigenvalue weighted by molar-refractivity contribution is -0.122. The smallest absolute Gasteiger partial charge is 0.265 e. The average molecular weight is 439 g/mol. The number of ether oxygens (including phenoxy) is 2. The Morgan fingerprint density at radius 1 is 1.17 bits per heavy atom. The summed E-state index contributed by atoms with van der Waals surface area (Å²) < 4.78 is 38.0. The SMILES string of the molecule is Cc1ccc(S(=O)(=O)N2CCOCC2)cc1NC(=O)C(C)Oc1ccc(Cl)cc1. The quantitative estimate of drug-likeness (QED) is 0.749. The lowest BCUT2D eigenvalue weighted by Crippen LogP contribution is -2.40. The highest BCUT2D eigenvalue weighted by atomic mass is 35.5. The molecule has 2 aromatic rings. The van der Waals surface area contributed by atoms with Crippen molar-refractivity contribution in [2.24, 2.45) is 0 Å². The van der Waals surface area contributed by atoms with Gasteiger partial charge in [0.1, 0.15) is 5.75 Å². The zero-order chi connectivity index (χ0) is 21.0. The number of carbonyl (C=O) groups is 1. The first-order valence-electron chi connectivity index (χ1n) is 9.19. The molecule has 1 heterocycles. The van der Waals surface area contributed by atoms with Crippen LogP contribution in [0.15, 0.2) is 47.4 Å². The first-order chi connectivity index (χ1) is 13.8. The maximum absolute atomic E-state index is 12.9. The third-order valence-corrected chi connectivity index (χ3v) is 6.72. The van der Waals surface area contributed by atoms with E-state index in [9.17, 15) is 13.2 Å². The molecule has 29 heavy (non-hydrogen) atoms. The molecule has 156 valence electrons. The van der Waals surface area contributed by atoms with Crippen molar-refractivity contribution in [2.45, 2.75) is 24.8 Å². The van der Waals surface area contributed by atoms with Crippen molar-refractivity contribution >= 4 is 33.2 Å². The Hall–Kier alpha value is -2.13. The van der Waals surface area contributed by atoms with E-state index in [4.69, 9.17) is 21.1 Å². The highest BCUT2D eigenvalue weighted by molar-refractivity contribution is 7.89. The van der Waals surface area contributed by atoms with Gasteiger partial charge in [0.05, 0.1) is 18.1 Å². The second-order valence-corrected chi connectivity index (χ2v) is 9.07. The molecule has 1 unspecified atom stereocenters. The molecule has 1 fully saturated rings. The largest absolute Gasteiger partial charge is 0.481 e. The van der Waals surface area contributed by atoms with Crippen molar-refractivity contribution in [2.75, 3.05) is 31.6 Å². The Balaban J connectivity index is 1.73. The third kappa shape index (κ3) is 5.27. The lowest BCUT2D eigenvalue weighted by Gasteiger charge is -2.26. The first kappa shape index (κ1) is 21.6. The molecule has 0 saturated carbocycles. The summed E-state index contributed by atoms with van der Waals surface area (Å²) in [6.07, 6.45) is -0.782. The Bertz CT molecular complexity index is 973. The van der Waals surface area contributed by atoms with Crippen molar-refractivity contribution < 1.29 is 22.7 Å². The molecule has 1 aliphatic heterocycles. The summed E-state index contributed by atoms with van der Waals surface area (Å²) in [6.45, 7) is 4.77. The van der Waals surface area contributed by atoms with E-state index < -0.39 is 16.1 Å². The number of rotatable bonds is 6. The molecule has 0 radical (unpaired) electrons. The number of halogens is 1. The fourth-order valence-electron chi connectivity index (χ4n) is 2.84. The van der Waals surface area contributed by atoms with Gasteiger partial charge >= 0.3 is 0 Å². The van der Waals surface area contributed by atoms with E-state index in [2.05, 4.69) is 5.32 Å². The van der Waals surface area contributed by atoms with E-state index in [1.54, 1.807) is 50.2 Å². The minimum Gasteiger partial charge on any atom is -0.481 e. The van der Waals surface area contributed by atoms with E-state index in [0.717, 1.165) is 5.56 Å². The zero-order valence-corrected chi connectivity index (χ0v) is 17.8. The van der Waals surface area contributed by atoms with Crippen LogP contribution >= 0.6 is 11.6 Å². The lowest BCUT2D eigenvalue weighted by atomic mass is 10.2. The van der Waals surface area contributed by atoms with Gasteiger partial charge in [-0.25, -0.2) is 8.42 Å². The molecule has 0 aliphatic carbocycles. The number of nitrogens with one attached hydrogen (secondary N) is 1. The van der Waals surface area contributed by atoms with Crippen molar-refractivity contribution in [1.82, 2.24) is 4.31 Å². The molecule has 7 nitrogen and oxygen atoms in total. The molecule has 0 aromatic heterocycles. The standard InChI is InChI=1S/C20H23ClN2O5S/c1-14-3-8-18(29(25,26)23-9-11-27-12-10-23)13-19(14)22-20(24)15(2)28-17-6-4-16(21)5-7-17/h3-8,13,15H,9-12H2,1-2H3,(H,22,24). The topological polar surface area (TPSA) is 84.9 Å². The number of hydrogen-bond donors (Lipinski definition) is 1. The van der Waals surface area contributed by atoms with Crippen LogP contribution in [0.4, 0.5) is 5.69 Å². The van der Waals surface area contributed by atoms with E-state index in [1.807, 2.05) is 0 Å². The van der Waals surface area contributed by atoms with Gasteiger partial charge in [-0.15, -0.1) is 0 Å². The summed E-state index contributed by atoms with van der Waals surface area (Å²) >= 11 is 5.85. The van der Waals surface area contributed by atoms with Gasteiger partial charge in [-0.1, -0.05) is 17.7 Å². The molecular weight excluding hydrogens is 416 g/mol. The second-order valence-electron chi connectivity index (χ2n) is 6.70. The fourth-order valence-corrected chi connectivity index (χ4v) is 4.40. The van der Waals surface area contributed by atoms with Gasteiger partial charge in [0.25, 0.3) is 5.91 Å². The number of anilines is 1. The van der Waals surface area contributed by atoms with Crippen molar-refractivity contribution in [1.29, 1.82) is 0 Å². The first-order valence-corrected chi connectivity index (χ1v) is 11.0. The molecule has 2 aromatic carbocycles. The Kier molecular flexibility index (Phi) is 6.79. The molecule has 0 bridgehead atoms. The van der Waals surface area contributed by atoms with Crippen LogP contribution in [-0.4, -0.2) is 51.0 Å². The van der Waals surface area contributed by atoms with Gasteiger partial charge in [-0.3, -0.25) is 4.79 Å². The maximum Gasteiger partial charge on any atom is 0.265 e. The van der Waals surface area contributed by atoms with Crippen molar-refractivity contribution in [3.05, 3.63) is 53.1 Å². The van der Waals surface area contributed by atoms with Gasteiger partial charge in [-0.05, 0) is 55.8 Å². The molecule has 3 rings (SSSR count). The van der Waals surface area contributed by atoms with E-state index in [1.165, 1.54) is 10.4 Å². The van der Waals surface area contributed by atoms with Crippen LogP contribution in [0.1, 0.15) is 12.5 Å². The molecular formula is C20H23ClN2O5S. The van der Waals surface area contributed by atoms with Crippen LogP contribution in [0.3, 0.4) is 0 Å². The van der Waals surface area contributed by atoms with Gasteiger partial charge in [0.15, 0.2) is 6.10 Å². The van der Waals surface area contributed by atoms with E-state index >= 15 is 0 Å². The molecule has 1 N–H and O–H groups in total. The molecule has 9 heteroatoms. The van der Waals surface area contributed by atoms with Crippen LogP contribution in [0.5, 0.6) is 5.75 Å². The van der Waals surface area contributed by atoms with Crippen LogP contribution in [-0.2, 0) is 19.6 Å².